The van der Waals surface area contributed by atoms with Crippen molar-refractivity contribution in [3.8, 4) is 0 Å². The van der Waals surface area contributed by atoms with Gasteiger partial charge in [-0.05, 0) is 36.8 Å². The van der Waals surface area contributed by atoms with Crippen molar-refractivity contribution < 1.29 is 18.3 Å². The summed E-state index contributed by atoms with van der Waals surface area (Å²) in [7, 11) is -3.75. The highest BCUT2D eigenvalue weighted by molar-refractivity contribution is 7.92. The fraction of sp³-hybridized carbons (Fsp3) is 0.0714. The first kappa shape index (κ1) is 15.3. The predicted octanol–water partition coefficient (Wildman–Crippen LogP) is 3.15. The van der Waals surface area contributed by atoms with Gasteiger partial charge in [-0.15, -0.1) is 0 Å². The normalized spacial score (nSPS) is 11.1. The molecule has 110 valence electrons. The standard InChI is InChI=1S/C14H12ClNO4S/c1-9-4-2-3-5-13(9)21(19,20)16-10-6-7-11(14(17)18)12(15)8-10/h2-8,16H,1H3,(H,17,18). The Labute approximate surface area is 127 Å². The van der Waals surface area contributed by atoms with Crippen LogP contribution in [0.4, 0.5) is 5.69 Å². The van der Waals surface area contributed by atoms with Gasteiger partial charge in [-0.3, -0.25) is 4.72 Å². The lowest BCUT2D eigenvalue weighted by atomic mass is 10.2. The minimum Gasteiger partial charge on any atom is -0.478 e. The number of nitrogens with one attached hydrogen (secondary N) is 1. The van der Waals surface area contributed by atoms with Crippen molar-refractivity contribution >= 4 is 33.3 Å². The molecular weight excluding hydrogens is 314 g/mol. The van der Waals surface area contributed by atoms with Crippen LogP contribution in [0.5, 0.6) is 0 Å². The molecule has 21 heavy (non-hydrogen) atoms. The van der Waals surface area contributed by atoms with E-state index < -0.39 is 16.0 Å². The van der Waals surface area contributed by atoms with Gasteiger partial charge in [0.2, 0.25) is 0 Å². The molecule has 0 spiro atoms. The first-order valence-corrected chi connectivity index (χ1v) is 7.78. The highest BCUT2D eigenvalue weighted by Crippen LogP contribution is 2.24. The van der Waals surface area contributed by atoms with Crippen molar-refractivity contribution in [2.24, 2.45) is 0 Å². The largest absolute Gasteiger partial charge is 0.478 e. The Morgan fingerprint density at radius 1 is 1.19 bits per heavy atom. The molecule has 0 bridgehead atoms. The number of carbonyl (C=O) groups is 1. The van der Waals surface area contributed by atoms with E-state index in [9.17, 15) is 13.2 Å². The first-order chi connectivity index (χ1) is 9.81. The van der Waals surface area contributed by atoms with Crippen LogP contribution in [0.25, 0.3) is 0 Å². The van der Waals surface area contributed by atoms with E-state index in [4.69, 9.17) is 16.7 Å². The Morgan fingerprint density at radius 3 is 2.43 bits per heavy atom. The molecule has 0 amide bonds. The Morgan fingerprint density at radius 2 is 1.86 bits per heavy atom. The number of benzene rings is 2. The van der Waals surface area contributed by atoms with Crippen LogP contribution in [0.2, 0.25) is 5.02 Å². The molecule has 0 fully saturated rings. The van der Waals surface area contributed by atoms with Crippen molar-refractivity contribution in [3.63, 3.8) is 0 Å². The number of carboxylic acids is 1. The molecule has 2 aromatic carbocycles. The van der Waals surface area contributed by atoms with E-state index in [0.29, 0.717) is 5.56 Å². The Balaban J connectivity index is 2.36. The lowest BCUT2D eigenvalue weighted by Gasteiger charge is -2.11. The van der Waals surface area contributed by atoms with Crippen LogP contribution in [0, 0.1) is 6.92 Å². The summed E-state index contributed by atoms with van der Waals surface area (Å²) in [5.41, 5.74) is 0.724. The maximum absolute atomic E-state index is 12.3. The molecule has 0 saturated carbocycles. The summed E-state index contributed by atoms with van der Waals surface area (Å²) in [6.07, 6.45) is 0. The third kappa shape index (κ3) is 3.34. The quantitative estimate of drug-likeness (QED) is 0.904. The van der Waals surface area contributed by atoms with E-state index in [0.717, 1.165) is 0 Å². The molecule has 2 N–H and O–H groups in total. The van der Waals surface area contributed by atoms with Gasteiger partial charge in [0.15, 0.2) is 0 Å². The van der Waals surface area contributed by atoms with Gasteiger partial charge >= 0.3 is 5.97 Å². The highest BCUT2D eigenvalue weighted by atomic mass is 35.5. The number of sulfonamides is 1. The van der Waals surface area contributed by atoms with Gasteiger partial charge in [0.05, 0.1) is 21.2 Å². The van der Waals surface area contributed by atoms with Crippen molar-refractivity contribution in [2.45, 2.75) is 11.8 Å². The van der Waals surface area contributed by atoms with Gasteiger partial charge in [0.25, 0.3) is 10.0 Å². The van der Waals surface area contributed by atoms with Crippen LogP contribution < -0.4 is 4.72 Å². The molecule has 7 heteroatoms. The second kappa shape index (κ2) is 5.75. The molecule has 5 nitrogen and oxygen atoms in total. The molecule has 0 unspecified atom stereocenters. The second-order valence-corrected chi connectivity index (χ2v) is 6.43. The van der Waals surface area contributed by atoms with E-state index in [1.54, 1.807) is 25.1 Å². The van der Waals surface area contributed by atoms with Gasteiger partial charge in [0, 0.05) is 0 Å². The maximum Gasteiger partial charge on any atom is 0.337 e. The summed E-state index contributed by atoms with van der Waals surface area (Å²) in [5, 5.41) is 8.85. The summed E-state index contributed by atoms with van der Waals surface area (Å²) < 4.78 is 26.9. The minimum atomic E-state index is -3.75. The first-order valence-electron chi connectivity index (χ1n) is 5.92. The summed E-state index contributed by atoms with van der Waals surface area (Å²) in [6.45, 7) is 1.69. The average molecular weight is 326 g/mol. The van der Waals surface area contributed by atoms with Crippen LogP contribution in [-0.2, 0) is 10.0 Å². The fourth-order valence-electron chi connectivity index (χ4n) is 1.82. The van der Waals surface area contributed by atoms with Crippen LogP contribution in [0.15, 0.2) is 47.4 Å². The average Bonchev–Trinajstić information content (AvgIpc) is 2.38. The SMILES string of the molecule is Cc1ccccc1S(=O)(=O)Nc1ccc(C(=O)O)c(Cl)c1. The lowest BCUT2D eigenvalue weighted by molar-refractivity contribution is 0.0697. The zero-order valence-electron chi connectivity index (χ0n) is 11.0. The number of aryl methyl sites for hydroxylation is 1. The van der Waals surface area contributed by atoms with Gasteiger partial charge in [-0.2, -0.15) is 0 Å². The predicted molar refractivity (Wildman–Crippen MR) is 80.4 cm³/mol. The summed E-state index contributed by atoms with van der Waals surface area (Å²) >= 11 is 5.81. The van der Waals surface area contributed by atoms with Crippen molar-refractivity contribution in [1.29, 1.82) is 0 Å². The van der Waals surface area contributed by atoms with E-state index in [2.05, 4.69) is 4.72 Å². The molecule has 0 aromatic heterocycles. The molecule has 0 saturated heterocycles. The smallest absolute Gasteiger partial charge is 0.337 e. The Kier molecular flexibility index (Phi) is 4.20. The van der Waals surface area contributed by atoms with Gasteiger partial charge in [0.1, 0.15) is 0 Å². The zero-order valence-corrected chi connectivity index (χ0v) is 12.6. The summed E-state index contributed by atoms with van der Waals surface area (Å²) in [6, 6.07) is 10.4. The monoisotopic (exact) mass is 325 g/mol. The van der Waals surface area contributed by atoms with Crippen LogP contribution in [0.3, 0.4) is 0 Å². The highest BCUT2D eigenvalue weighted by Gasteiger charge is 2.17. The fourth-order valence-corrected chi connectivity index (χ4v) is 3.38. The van der Waals surface area contributed by atoms with E-state index >= 15 is 0 Å². The Hall–Kier alpha value is -2.05. The second-order valence-electron chi connectivity index (χ2n) is 4.37. The van der Waals surface area contributed by atoms with Gasteiger partial charge in [-0.1, -0.05) is 29.8 Å². The third-order valence-corrected chi connectivity index (χ3v) is 4.69. The molecule has 0 heterocycles. The molecule has 0 atom stereocenters. The van der Waals surface area contributed by atoms with Gasteiger partial charge < -0.3 is 5.11 Å². The van der Waals surface area contributed by atoms with Crippen LogP contribution in [0.1, 0.15) is 15.9 Å². The van der Waals surface area contributed by atoms with E-state index in [-0.39, 0.29) is 21.2 Å². The number of aromatic carboxylic acids is 1. The molecule has 0 aliphatic carbocycles. The molecule has 2 rings (SSSR count). The number of hydrogen-bond acceptors (Lipinski definition) is 3. The minimum absolute atomic E-state index is 0.0347. The number of carboxylic acid groups (broad SMARTS) is 1. The van der Waals surface area contributed by atoms with Crippen molar-refractivity contribution in [3.05, 3.63) is 58.6 Å². The van der Waals surface area contributed by atoms with E-state index in [1.165, 1.54) is 24.3 Å². The molecule has 2 aromatic rings. The van der Waals surface area contributed by atoms with Crippen LogP contribution in [-0.4, -0.2) is 19.5 Å². The van der Waals surface area contributed by atoms with Crippen molar-refractivity contribution in [2.75, 3.05) is 4.72 Å². The van der Waals surface area contributed by atoms with Gasteiger partial charge in [-0.25, -0.2) is 13.2 Å². The molecule has 0 aliphatic heterocycles. The maximum atomic E-state index is 12.3. The topological polar surface area (TPSA) is 83.5 Å². The number of halogens is 1. The summed E-state index contributed by atoms with van der Waals surface area (Å²) in [5.74, 6) is -1.17. The molecular formula is C14H12ClNO4S. The third-order valence-electron chi connectivity index (χ3n) is 2.83. The molecule has 0 aliphatic rings. The number of anilines is 1. The van der Waals surface area contributed by atoms with Crippen molar-refractivity contribution in [1.82, 2.24) is 0 Å². The number of rotatable bonds is 4. The zero-order chi connectivity index (χ0) is 15.6. The Bertz CT molecular complexity index is 802. The molecule has 0 radical (unpaired) electrons. The van der Waals surface area contributed by atoms with Crippen LogP contribution >= 0.6 is 11.6 Å². The number of hydrogen-bond donors (Lipinski definition) is 2. The summed E-state index contributed by atoms with van der Waals surface area (Å²) in [4.78, 5) is 11.0. The lowest BCUT2D eigenvalue weighted by Crippen LogP contribution is -2.14. The van der Waals surface area contributed by atoms with E-state index in [1.807, 2.05) is 0 Å².